The Bertz CT molecular complexity index is 1000. The number of benzene rings is 2. The largest absolute Gasteiger partial charge is 0.504 e. The van der Waals surface area contributed by atoms with Gasteiger partial charge in [0.05, 0.1) is 12.8 Å². The first-order valence-electron chi connectivity index (χ1n) is 8.92. The summed E-state index contributed by atoms with van der Waals surface area (Å²) in [5, 5.41) is 22.8. The van der Waals surface area contributed by atoms with Gasteiger partial charge in [0.25, 0.3) is 5.91 Å². The van der Waals surface area contributed by atoms with Crippen molar-refractivity contribution in [1.82, 2.24) is 20.2 Å². The SMILES string of the molecule is CCOc1cccc(/C=N/NC(=O)c2ccc(CSc3nncn3C)cc2)c1O. The number of carbonyl (C=O) groups excluding carboxylic acids is 1. The van der Waals surface area contributed by atoms with Crippen LogP contribution >= 0.6 is 11.8 Å². The van der Waals surface area contributed by atoms with Crippen LogP contribution in [0.15, 0.2) is 59.0 Å². The van der Waals surface area contributed by atoms with Gasteiger partial charge in [-0.2, -0.15) is 5.10 Å². The lowest BCUT2D eigenvalue weighted by Crippen LogP contribution is -2.17. The first kappa shape index (κ1) is 20.4. The molecule has 1 amide bonds. The standard InChI is InChI=1S/C20H21N5O3S/c1-3-28-17-6-4-5-16(18(17)26)11-21-23-19(27)15-9-7-14(8-10-15)12-29-20-24-22-13-25(20)2/h4-11,13,26H,3,12H2,1-2H3,(H,23,27)/b21-11+. The summed E-state index contributed by atoms with van der Waals surface area (Å²) in [6.07, 6.45) is 3.03. The molecule has 0 unspecified atom stereocenters. The number of amides is 1. The van der Waals surface area contributed by atoms with E-state index < -0.39 is 0 Å². The summed E-state index contributed by atoms with van der Waals surface area (Å²) in [5.41, 5.74) is 4.46. The Kier molecular flexibility index (Phi) is 6.85. The Morgan fingerprint density at radius 2 is 2.10 bits per heavy atom. The molecule has 0 aliphatic rings. The molecule has 150 valence electrons. The summed E-state index contributed by atoms with van der Waals surface area (Å²) in [6.45, 7) is 2.28. The summed E-state index contributed by atoms with van der Waals surface area (Å²) in [7, 11) is 1.89. The number of phenols is 1. The number of nitrogens with zero attached hydrogens (tertiary/aromatic N) is 4. The van der Waals surface area contributed by atoms with E-state index in [4.69, 9.17) is 4.74 Å². The summed E-state index contributed by atoms with van der Waals surface area (Å²) in [6, 6.07) is 12.3. The molecule has 1 aromatic heterocycles. The highest BCUT2D eigenvalue weighted by Gasteiger charge is 2.08. The highest BCUT2D eigenvalue weighted by molar-refractivity contribution is 7.98. The lowest BCUT2D eigenvalue weighted by atomic mass is 10.1. The number of hydrazone groups is 1. The van der Waals surface area contributed by atoms with E-state index in [1.54, 1.807) is 48.4 Å². The molecule has 0 bridgehead atoms. The van der Waals surface area contributed by atoms with Crippen LogP contribution in [0.3, 0.4) is 0 Å². The maximum atomic E-state index is 12.3. The topological polar surface area (TPSA) is 102 Å². The first-order valence-corrected chi connectivity index (χ1v) is 9.91. The van der Waals surface area contributed by atoms with Crippen LogP contribution in [0.4, 0.5) is 0 Å². The van der Waals surface area contributed by atoms with Crippen molar-refractivity contribution in [3.8, 4) is 11.5 Å². The van der Waals surface area contributed by atoms with Crippen LogP contribution < -0.4 is 10.2 Å². The number of nitrogens with one attached hydrogen (secondary N) is 1. The number of phenolic OH excluding ortho intramolecular Hbond substituents is 1. The zero-order valence-corrected chi connectivity index (χ0v) is 16.9. The summed E-state index contributed by atoms with van der Waals surface area (Å²) in [5.74, 6) is 0.742. The van der Waals surface area contributed by atoms with Crippen molar-refractivity contribution in [1.29, 1.82) is 0 Å². The van der Waals surface area contributed by atoms with Crippen LogP contribution in [0.5, 0.6) is 11.5 Å². The van der Waals surface area contributed by atoms with Crippen molar-refractivity contribution in [3.05, 3.63) is 65.5 Å². The molecule has 9 heteroatoms. The second kappa shape index (κ2) is 9.74. The van der Waals surface area contributed by atoms with Crippen molar-refractivity contribution in [3.63, 3.8) is 0 Å². The Balaban J connectivity index is 1.56. The Hall–Kier alpha value is -3.33. The van der Waals surface area contributed by atoms with E-state index >= 15 is 0 Å². The van der Waals surface area contributed by atoms with Gasteiger partial charge in [-0.25, -0.2) is 5.43 Å². The fourth-order valence-corrected chi connectivity index (χ4v) is 3.29. The molecule has 1 heterocycles. The van der Waals surface area contributed by atoms with E-state index in [0.29, 0.717) is 23.5 Å². The van der Waals surface area contributed by atoms with Gasteiger partial charge in [0.2, 0.25) is 0 Å². The van der Waals surface area contributed by atoms with Crippen LogP contribution in [-0.4, -0.2) is 38.6 Å². The molecule has 0 aliphatic carbocycles. The van der Waals surface area contributed by atoms with Crippen molar-refractivity contribution in [2.24, 2.45) is 12.1 Å². The number of rotatable bonds is 8. The van der Waals surface area contributed by atoms with Crippen LogP contribution in [0.2, 0.25) is 0 Å². The van der Waals surface area contributed by atoms with Crippen LogP contribution in [0, 0.1) is 0 Å². The third-order valence-electron chi connectivity index (χ3n) is 3.95. The van der Waals surface area contributed by atoms with Gasteiger partial charge in [-0.15, -0.1) is 10.2 Å². The van der Waals surface area contributed by atoms with E-state index in [0.717, 1.165) is 16.5 Å². The zero-order chi connectivity index (χ0) is 20.6. The molecule has 0 spiro atoms. The average molecular weight is 411 g/mol. The molecule has 0 aliphatic heterocycles. The number of thioether (sulfide) groups is 1. The fourth-order valence-electron chi connectivity index (χ4n) is 2.44. The van der Waals surface area contributed by atoms with Crippen LogP contribution in [0.1, 0.15) is 28.4 Å². The minimum absolute atomic E-state index is 0.0166. The number of para-hydroxylation sites is 1. The normalized spacial score (nSPS) is 11.0. The maximum absolute atomic E-state index is 12.3. The van der Waals surface area contributed by atoms with Crippen molar-refractivity contribution < 1.29 is 14.6 Å². The summed E-state index contributed by atoms with van der Waals surface area (Å²) >= 11 is 1.57. The molecule has 2 aromatic carbocycles. The molecule has 0 saturated carbocycles. The number of aryl methyl sites for hydroxylation is 1. The number of aromatic nitrogens is 3. The smallest absolute Gasteiger partial charge is 0.271 e. The van der Waals surface area contributed by atoms with Gasteiger partial charge >= 0.3 is 0 Å². The van der Waals surface area contributed by atoms with Gasteiger partial charge in [-0.3, -0.25) is 4.79 Å². The van der Waals surface area contributed by atoms with Crippen molar-refractivity contribution in [2.75, 3.05) is 6.61 Å². The number of ether oxygens (including phenoxy) is 1. The number of hydrogen-bond acceptors (Lipinski definition) is 7. The van der Waals surface area contributed by atoms with Gasteiger partial charge in [-0.05, 0) is 36.8 Å². The van der Waals surface area contributed by atoms with Gasteiger partial charge in [-0.1, -0.05) is 30.0 Å². The molecule has 0 atom stereocenters. The van der Waals surface area contributed by atoms with Crippen molar-refractivity contribution in [2.45, 2.75) is 17.8 Å². The Morgan fingerprint density at radius 1 is 1.31 bits per heavy atom. The van der Waals surface area contributed by atoms with Crippen LogP contribution in [-0.2, 0) is 12.8 Å². The molecule has 2 N–H and O–H groups in total. The molecule has 0 fully saturated rings. The number of hydrogen-bond donors (Lipinski definition) is 2. The first-order chi connectivity index (χ1) is 14.1. The second-order valence-corrected chi connectivity index (χ2v) is 6.98. The van der Waals surface area contributed by atoms with Gasteiger partial charge < -0.3 is 14.4 Å². The quantitative estimate of drug-likeness (QED) is 0.336. The number of carbonyl (C=O) groups is 1. The van der Waals surface area contributed by atoms with Gasteiger partial charge in [0, 0.05) is 23.9 Å². The highest BCUT2D eigenvalue weighted by Crippen LogP contribution is 2.28. The summed E-state index contributed by atoms with van der Waals surface area (Å²) in [4.78, 5) is 12.3. The van der Waals surface area contributed by atoms with Crippen molar-refractivity contribution >= 4 is 23.9 Å². The van der Waals surface area contributed by atoms with E-state index in [-0.39, 0.29) is 11.7 Å². The van der Waals surface area contributed by atoms with Gasteiger partial charge in [0.1, 0.15) is 6.33 Å². The average Bonchev–Trinajstić information content (AvgIpc) is 3.14. The minimum Gasteiger partial charge on any atom is -0.504 e. The summed E-state index contributed by atoms with van der Waals surface area (Å²) < 4.78 is 7.18. The highest BCUT2D eigenvalue weighted by atomic mass is 32.2. The Morgan fingerprint density at radius 3 is 2.79 bits per heavy atom. The number of aromatic hydroxyl groups is 1. The lowest BCUT2D eigenvalue weighted by Gasteiger charge is -2.07. The molecule has 0 saturated heterocycles. The third-order valence-corrected chi connectivity index (χ3v) is 5.06. The van der Waals surface area contributed by atoms with Crippen LogP contribution in [0.25, 0.3) is 0 Å². The zero-order valence-electron chi connectivity index (χ0n) is 16.1. The molecular weight excluding hydrogens is 390 g/mol. The van der Waals surface area contributed by atoms with E-state index in [2.05, 4.69) is 20.7 Å². The van der Waals surface area contributed by atoms with E-state index in [1.165, 1.54) is 6.21 Å². The monoisotopic (exact) mass is 411 g/mol. The van der Waals surface area contributed by atoms with E-state index in [9.17, 15) is 9.90 Å². The third kappa shape index (κ3) is 5.35. The molecule has 0 radical (unpaired) electrons. The second-order valence-electron chi connectivity index (χ2n) is 6.04. The molecular formula is C20H21N5O3S. The predicted octanol–water partition coefficient (Wildman–Crippen LogP) is 2.98. The predicted molar refractivity (Wildman–Crippen MR) is 111 cm³/mol. The lowest BCUT2D eigenvalue weighted by molar-refractivity contribution is 0.0955. The fraction of sp³-hybridized carbons (Fsp3) is 0.200. The van der Waals surface area contributed by atoms with Gasteiger partial charge in [0.15, 0.2) is 16.7 Å². The van der Waals surface area contributed by atoms with E-state index in [1.807, 2.05) is 30.7 Å². The Labute approximate surface area is 172 Å². The molecule has 3 aromatic rings. The minimum atomic E-state index is -0.339. The molecule has 8 nitrogen and oxygen atoms in total. The molecule has 3 rings (SSSR count). The molecule has 29 heavy (non-hydrogen) atoms. The maximum Gasteiger partial charge on any atom is 0.271 e.